The summed E-state index contributed by atoms with van der Waals surface area (Å²) in [5, 5.41) is 23.3. The Morgan fingerprint density at radius 3 is 2.70 bits per heavy atom. The van der Waals surface area contributed by atoms with Crippen molar-refractivity contribution >= 4 is 5.97 Å². The molecule has 1 aliphatic carbocycles. The van der Waals surface area contributed by atoms with Crippen molar-refractivity contribution in [3.63, 3.8) is 0 Å². The third-order valence-corrected chi connectivity index (χ3v) is 4.47. The van der Waals surface area contributed by atoms with Crippen molar-refractivity contribution in [3.8, 4) is 5.75 Å². The molecule has 0 aromatic heterocycles. The molecule has 1 saturated carbocycles. The van der Waals surface area contributed by atoms with Crippen LogP contribution in [0.3, 0.4) is 0 Å². The number of hydrogen-bond acceptors (Lipinski definition) is 4. The molecular formula is C18H27NO4. The maximum absolute atomic E-state index is 11.5. The van der Waals surface area contributed by atoms with Gasteiger partial charge in [0.05, 0.1) is 0 Å². The number of rotatable bonds is 8. The largest absolute Gasteiger partial charge is 0.490 e. The second-order valence-electron chi connectivity index (χ2n) is 6.68. The van der Waals surface area contributed by atoms with E-state index in [0.29, 0.717) is 11.8 Å². The Hall–Kier alpha value is -1.59. The van der Waals surface area contributed by atoms with Gasteiger partial charge in [-0.25, -0.2) is 4.79 Å². The lowest BCUT2D eigenvalue weighted by atomic mass is 9.87. The first kappa shape index (κ1) is 17.8. The molecule has 1 unspecified atom stereocenters. The van der Waals surface area contributed by atoms with Crippen molar-refractivity contribution in [2.75, 3.05) is 6.61 Å². The van der Waals surface area contributed by atoms with Crippen LogP contribution in [0.1, 0.15) is 45.1 Å². The number of carboxylic acid groups (broad SMARTS) is 1. The number of carboxylic acids is 1. The van der Waals surface area contributed by atoms with Gasteiger partial charge in [0.25, 0.3) is 0 Å². The average Bonchev–Trinajstić information content (AvgIpc) is 3.06. The van der Waals surface area contributed by atoms with Crippen molar-refractivity contribution in [1.29, 1.82) is 0 Å². The van der Waals surface area contributed by atoms with Crippen LogP contribution in [0, 0.1) is 5.92 Å². The third kappa shape index (κ3) is 4.69. The van der Waals surface area contributed by atoms with Gasteiger partial charge in [0.2, 0.25) is 0 Å². The molecule has 0 bridgehead atoms. The fourth-order valence-electron chi connectivity index (χ4n) is 3.02. The van der Waals surface area contributed by atoms with E-state index in [1.165, 1.54) is 0 Å². The Kier molecular flexibility index (Phi) is 6.02. The third-order valence-electron chi connectivity index (χ3n) is 4.47. The first-order valence-corrected chi connectivity index (χ1v) is 8.32. The molecule has 5 nitrogen and oxygen atoms in total. The Morgan fingerprint density at radius 1 is 1.39 bits per heavy atom. The van der Waals surface area contributed by atoms with Crippen LogP contribution in [0.4, 0.5) is 0 Å². The molecule has 1 aromatic carbocycles. The molecule has 5 heteroatoms. The molecule has 0 radical (unpaired) electrons. The van der Waals surface area contributed by atoms with Gasteiger partial charge < -0.3 is 20.3 Å². The van der Waals surface area contributed by atoms with Crippen LogP contribution in [0.25, 0.3) is 0 Å². The zero-order chi connectivity index (χ0) is 16.9. The van der Waals surface area contributed by atoms with E-state index in [4.69, 9.17) is 4.74 Å². The molecule has 1 aromatic rings. The second-order valence-corrected chi connectivity index (χ2v) is 6.68. The molecule has 0 saturated heterocycles. The molecule has 2 rings (SSSR count). The number of aliphatic hydroxyl groups is 1. The molecule has 128 valence electrons. The molecule has 23 heavy (non-hydrogen) atoms. The minimum Gasteiger partial charge on any atom is -0.490 e. The lowest BCUT2D eigenvalue weighted by Gasteiger charge is -2.29. The van der Waals surface area contributed by atoms with E-state index in [1.54, 1.807) is 6.07 Å². The van der Waals surface area contributed by atoms with Gasteiger partial charge in [-0.05, 0) is 30.5 Å². The first-order chi connectivity index (χ1) is 10.9. The van der Waals surface area contributed by atoms with E-state index in [9.17, 15) is 15.0 Å². The lowest BCUT2D eigenvalue weighted by Crippen LogP contribution is -2.50. The number of hydrogen-bond donors (Lipinski definition) is 3. The number of carbonyl (C=O) groups is 1. The summed E-state index contributed by atoms with van der Waals surface area (Å²) < 4.78 is 5.63. The van der Waals surface area contributed by atoms with Crippen molar-refractivity contribution in [2.45, 2.75) is 57.7 Å². The van der Waals surface area contributed by atoms with Crippen LogP contribution in [-0.2, 0) is 11.3 Å². The molecule has 0 spiro atoms. The highest BCUT2D eigenvalue weighted by Gasteiger charge is 2.46. The minimum atomic E-state index is -1.80. The van der Waals surface area contributed by atoms with Gasteiger partial charge in [-0.15, -0.1) is 0 Å². The standard InChI is InChI=1S/C18H27NO4/c1-13(2)19-11-14-6-5-9-16(10-14)23-12-18(22,17(20)21)15-7-3-4-8-15/h5-6,9-10,13,15,19,22H,3-4,7-8,11-12H2,1-2H3,(H,20,21). The highest BCUT2D eigenvalue weighted by molar-refractivity contribution is 5.77. The fraction of sp³-hybridized carbons (Fsp3) is 0.611. The summed E-state index contributed by atoms with van der Waals surface area (Å²) in [4.78, 5) is 11.5. The van der Waals surface area contributed by atoms with Gasteiger partial charge in [-0.2, -0.15) is 0 Å². The van der Waals surface area contributed by atoms with E-state index in [2.05, 4.69) is 19.2 Å². The quantitative estimate of drug-likeness (QED) is 0.686. The topological polar surface area (TPSA) is 78.8 Å². The normalized spacial score (nSPS) is 18.1. The van der Waals surface area contributed by atoms with Gasteiger partial charge in [0, 0.05) is 18.5 Å². The van der Waals surface area contributed by atoms with E-state index in [0.717, 1.165) is 37.8 Å². The molecule has 3 N–H and O–H groups in total. The summed E-state index contributed by atoms with van der Waals surface area (Å²) in [6, 6.07) is 7.92. The highest BCUT2D eigenvalue weighted by atomic mass is 16.5. The Morgan fingerprint density at radius 2 is 2.09 bits per heavy atom. The van der Waals surface area contributed by atoms with Crippen LogP contribution in [0.15, 0.2) is 24.3 Å². The first-order valence-electron chi connectivity index (χ1n) is 8.32. The van der Waals surface area contributed by atoms with Gasteiger partial charge >= 0.3 is 5.97 Å². The van der Waals surface area contributed by atoms with Crippen molar-refractivity contribution in [1.82, 2.24) is 5.32 Å². The Labute approximate surface area is 137 Å². The van der Waals surface area contributed by atoms with Crippen molar-refractivity contribution in [2.24, 2.45) is 5.92 Å². The monoisotopic (exact) mass is 321 g/mol. The summed E-state index contributed by atoms with van der Waals surface area (Å²) in [7, 11) is 0. The van der Waals surface area contributed by atoms with Crippen molar-refractivity contribution < 1.29 is 19.7 Å². The summed E-state index contributed by atoms with van der Waals surface area (Å²) in [5.41, 5.74) is -0.737. The van der Waals surface area contributed by atoms with E-state index in [-0.39, 0.29) is 12.5 Å². The van der Waals surface area contributed by atoms with Gasteiger partial charge in [-0.1, -0.05) is 38.8 Å². The molecular weight excluding hydrogens is 294 g/mol. The lowest BCUT2D eigenvalue weighted by molar-refractivity contribution is -0.169. The predicted octanol–water partition coefficient (Wildman–Crippen LogP) is 2.57. The maximum atomic E-state index is 11.5. The van der Waals surface area contributed by atoms with E-state index < -0.39 is 11.6 Å². The summed E-state index contributed by atoms with van der Waals surface area (Å²) in [5.74, 6) is -0.835. The number of nitrogens with one attached hydrogen (secondary N) is 1. The zero-order valence-corrected chi connectivity index (χ0v) is 13.9. The average molecular weight is 321 g/mol. The summed E-state index contributed by atoms with van der Waals surface area (Å²) >= 11 is 0. The highest BCUT2D eigenvalue weighted by Crippen LogP contribution is 2.35. The fourth-order valence-corrected chi connectivity index (χ4v) is 3.02. The molecule has 0 amide bonds. The van der Waals surface area contributed by atoms with Crippen LogP contribution in [-0.4, -0.2) is 34.4 Å². The minimum absolute atomic E-state index is 0.214. The van der Waals surface area contributed by atoms with Gasteiger partial charge in [0.1, 0.15) is 12.4 Å². The SMILES string of the molecule is CC(C)NCc1cccc(OCC(O)(C(=O)O)C2CCCC2)c1. The molecule has 1 aliphatic rings. The predicted molar refractivity (Wildman–Crippen MR) is 88.5 cm³/mol. The van der Waals surface area contributed by atoms with E-state index >= 15 is 0 Å². The number of aliphatic carboxylic acids is 1. The zero-order valence-electron chi connectivity index (χ0n) is 13.9. The molecule has 1 atom stereocenters. The maximum Gasteiger partial charge on any atom is 0.339 e. The van der Waals surface area contributed by atoms with Crippen LogP contribution in [0.5, 0.6) is 5.75 Å². The molecule has 1 fully saturated rings. The summed E-state index contributed by atoms with van der Waals surface area (Å²) in [6.45, 7) is 4.67. The number of ether oxygens (including phenoxy) is 1. The van der Waals surface area contributed by atoms with Crippen molar-refractivity contribution in [3.05, 3.63) is 29.8 Å². The molecule has 0 heterocycles. The number of benzene rings is 1. The summed E-state index contributed by atoms with van der Waals surface area (Å²) in [6.07, 6.45) is 3.42. The molecule has 0 aliphatic heterocycles. The Bertz CT molecular complexity index is 526. The van der Waals surface area contributed by atoms with Crippen LogP contribution in [0.2, 0.25) is 0 Å². The van der Waals surface area contributed by atoms with E-state index in [1.807, 2.05) is 18.2 Å². The van der Waals surface area contributed by atoms with Gasteiger partial charge in [0.15, 0.2) is 5.60 Å². The van der Waals surface area contributed by atoms with Gasteiger partial charge in [-0.3, -0.25) is 0 Å². The second kappa shape index (κ2) is 7.79. The smallest absolute Gasteiger partial charge is 0.339 e. The van der Waals surface area contributed by atoms with Crippen LogP contribution >= 0.6 is 0 Å². The van der Waals surface area contributed by atoms with Crippen LogP contribution < -0.4 is 10.1 Å². The Balaban J connectivity index is 2.00.